The third kappa shape index (κ3) is 3.40. The molecule has 1 aromatic carbocycles. The fourth-order valence-corrected chi connectivity index (χ4v) is 2.90. The summed E-state index contributed by atoms with van der Waals surface area (Å²) < 4.78 is 38.3. The van der Waals surface area contributed by atoms with E-state index in [9.17, 15) is 28.1 Å². The van der Waals surface area contributed by atoms with Crippen LogP contribution in [0.3, 0.4) is 0 Å². The van der Waals surface area contributed by atoms with E-state index in [0.717, 1.165) is 11.3 Å². The minimum absolute atomic E-state index is 0.0689. The zero-order valence-electron chi connectivity index (χ0n) is 11.6. The second-order valence-corrected chi connectivity index (χ2v) is 5.55. The number of rotatable bonds is 4. The first-order valence-corrected chi connectivity index (χ1v) is 6.99. The Morgan fingerprint density at radius 2 is 2.09 bits per heavy atom. The molecule has 0 bridgehead atoms. The maximum absolute atomic E-state index is 12.8. The molecule has 0 fully saturated rings. The molecule has 2 rings (SSSR count). The van der Waals surface area contributed by atoms with Crippen LogP contribution in [-0.4, -0.2) is 35.2 Å². The summed E-state index contributed by atoms with van der Waals surface area (Å²) >= 11 is 0.718. The van der Waals surface area contributed by atoms with E-state index in [1.165, 1.54) is 11.9 Å². The number of nitro benzene ring substituents is 1. The van der Waals surface area contributed by atoms with Gasteiger partial charge in [-0.15, -0.1) is 0 Å². The Balaban J connectivity index is 2.80. The zero-order valence-corrected chi connectivity index (χ0v) is 12.4. The van der Waals surface area contributed by atoms with E-state index in [0.29, 0.717) is 12.1 Å². The summed E-state index contributed by atoms with van der Waals surface area (Å²) in [6, 6.07) is 0.956. The topological polar surface area (TPSA) is 96.6 Å². The summed E-state index contributed by atoms with van der Waals surface area (Å²) in [4.78, 5) is 27.1. The first-order valence-electron chi connectivity index (χ1n) is 6.17. The third-order valence-electron chi connectivity index (χ3n) is 2.98. The molecule has 0 amide bonds. The van der Waals surface area contributed by atoms with Gasteiger partial charge in [-0.25, -0.2) is 0 Å². The first-order chi connectivity index (χ1) is 10.6. The number of anilines is 1. The van der Waals surface area contributed by atoms with Crippen LogP contribution in [0, 0.1) is 10.1 Å². The fraction of sp³-hybridized carbons (Fsp3) is 0.333. The first kappa shape index (κ1) is 17.1. The van der Waals surface area contributed by atoms with E-state index in [4.69, 9.17) is 5.11 Å². The molecule has 11 heteroatoms. The van der Waals surface area contributed by atoms with Gasteiger partial charge < -0.3 is 10.0 Å². The lowest BCUT2D eigenvalue weighted by atomic mass is 10.1. The number of benzene rings is 1. The number of alkyl halides is 3. The molecule has 124 valence electrons. The van der Waals surface area contributed by atoms with Crippen molar-refractivity contribution in [2.24, 2.45) is 0 Å². The van der Waals surface area contributed by atoms with Gasteiger partial charge in [-0.3, -0.25) is 14.9 Å². The van der Waals surface area contributed by atoms with Gasteiger partial charge in [0.05, 0.1) is 22.5 Å². The lowest BCUT2D eigenvalue weighted by molar-refractivity contribution is -0.383. The number of hydrogen-bond acceptors (Lipinski definition) is 7. The number of nitro groups is 1. The summed E-state index contributed by atoms with van der Waals surface area (Å²) in [5.41, 5.74) is -3.08. The normalized spacial score (nSPS) is 11.7. The van der Waals surface area contributed by atoms with E-state index >= 15 is 0 Å². The Morgan fingerprint density at radius 3 is 2.61 bits per heavy atom. The summed E-state index contributed by atoms with van der Waals surface area (Å²) in [7, 11) is 1.50. The number of aromatic nitrogens is 1. The number of hydrogen-bond donors (Lipinski definition) is 1. The van der Waals surface area contributed by atoms with Crippen molar-refractivity contribution in [1.29, 1.82) is 0 Å². The van der Waals surface area contributed by atoms with Crippen molar-refractivity contribution in [2.45, 2.75) is 6.18 Å². The standard InChI is InChI=1S/C12H10F3N3O4S/c1-17(2-3-19)11-16-10(20)7-4-6(12(13,14)15)5-8(18(21)22)9(7)23-11/h4-5,19H,2-3H2,1H3. The molecule has 23 heavy (non-hydrogen) atoms. The van der Waals surface area contributed by atoms with Crippen LogP contribution in [0.15, 0.2) is 16.9 Å². The molecule has 1 N–H and O–H groups in total. The number of halogens is 3. The molecule has 2 aromatic rings. The lowest BCUT2D eigenvalue weighted by Crippen LogP contribution is -2.24. The van der Waals surface area contributed by atoms with Crippen LogP contribution in [0.25, 0.3) is 10.1 Å². The van der Waals surface area contributed by atoms with Crippen molar-refractivity contribution in [3.8, 4) is 0 Å². The maximum atomic E-state index is 12.8. The zero-order chi connectivity index (χ0) is 17.4. The second-order valence-electron chi connectivity index (χ2n) is 4.57. The van der Waals surface area contributed by atoms with Gasteiger partial charge in [0.1, 0.15) is 4.70 Å². The predicted molar refractivity (Wildman–Crippen MR) is 77.9 cm³/mol. The molecule has 1 heterocycles. The van der Waals surface area contributed by atoms with E-state index in [1.54, 1.807) is 0 Å². The Hall–Kier alpha value is -2.27. The highest BCUT2D eigenvalue weighted by Gasteiger charge is 2.34. The van der Waals surface area contributed by atoms with Crippen LogP contribution in [0.4, 0.5) is 24.0 Å². The number of aliphatic hydroxyl groups excluding tert-OH is 1. The molecule has 0 aliphatic heterocycles. The SMILES string of the molecule is CN(CCO)c1nc(=O)c2cc(C(F)(F)F)cc([N+](=O)[O-])c2s1. The lowest BCUT2D eigenvalue weighted by Gasteiger charge is -2.15. The Labute approximate surface area is 130 Å². The van der Waals surface area contributed by atoms with Gasteiger partial charge in [-0.05, 0) is 6.07 Å². The Kier molecular flexibility index (Phi) is 4.52. The second kappa shape index (κ2) is 6.08. The Morgan fingerprint density at radius 1 is 1.43 bits per heavy atom. The number of non-ortho nitro benzene ring substituents is 1. The van der Waals surface area contributed by atoms with Crippen molar-refractivity contribution in [1.82, 2.24) is 4.98 Å². The van der Waals surface area contributed by atoms with Gasteiger partial charge in [0.2, 0.25) is 0 Å². The fourth-order valence-electron chi connectivity index (χ4n) is 1.85. The van der Waals surface area contributed by atoms with Crippen LogP contribution in [0.2, 0.25) is 0 Å². The Bertz CT molecular complexity index is 822. The van der Waals surface area contributed by atoms with Crippen molar-refractivity contribution >= 4 is 32.2 Å². The number of aliphatic hydroxyl groups is 1. The maximum Gasteiger partial charge on any atom is 0.416 e. The number of likely N-dealkylation sites (N-methyl/N-ethyl adjacent to an activating group) is 1. The molecule has 0 saturated heterocycles. The van der Waals surface area contributed by atoms with Gasteiger partial charge in [0.25, 0.3) is 11.2 Å². The van der Waals surface area contributed by atoms with E-state index in [-0.39, 0.29) is 23.0 Å². The molecule has 7 nitrogen and oxygen atoms in total. The highest BCUT2D eigenvalue weighted by atomic mass is 32.1. The van der Waals surface area contributed by atoms with Crippen LogP contribution < -0.4 is 10.5 Å². The van der Waals surface area contributed by atoms with Gasteiger partial charge in [0, 0.05) is 19.7 Å². The molecular weight excluding hydrogens is 339 g/mol. The number of fused-ring (bicyclic) bond motifs is 1. The predicted octanol–water partition coefficient (Wildman–Crippen LogP) is 2.01. The van der Waals surface area contributed by atoms with Gasteiger partial charge >= 0.3 is 6.18 Å². The highest BCUT2D eigenvalue weighted by molar-refractivity contribution is 7.22. The largest absolute Gasteiger partial charge is 0.416 e. The van der Waals surface area contributed by atoms with Gasteiger partial charge in [-0.1, -0.05) is 11.3 Å². The van der Waals surface area contributed by atoms with Crippen LogP contribution in [0.5, 0.6) is 0 Å². The monoisotopic (exact) mass is 349 g/mol. The van der Waals surface area contributed by atoms with E-state index < -0.39 is 33.3 Å². The number of nitrogens with zero attached hydrogens (tertiary/aromatic N) is 3. The summed E-state index contributed by atoms with van der Waals surface area (Å²) in [5, 5.41) is 19.6. The molecule has 1 aromatic heterocycles. The molecule has 0 radical (unpaired) electrons. The smallest absolute Gasteiger partial charge is 0.395 e. The van der Waals surface area contributed by atoms with Crippen LogP contribution in [0.1, 0.15) is 5.56 Å². The van der Waals surface area contributed by atoms with E-state index in [1.807, 2.05) is 0 Å². The highest BCUT2D eigenvalue weighted by Crippen LogP contribution is 2.38. The van der Waals surface area contributed by atoms with Crippen LogP contribution in [-0.2, 0) is 6.18 Å². The molecule has 0 saturated carbocycles. The minimum Gasteiger partial charge on any atom is -0.395 e. The average molecular weight is 349 g/mol. The van der Waals surface area contributed by atoms with Crippen molar-refractivity contribution < 1.29 is 23.2 Å². The van der Waals surface area contributed by atoms with Gasteiger partial charge in [-0.2, -0.15) is 18.2 Å². The quantitative estimate of drug-likeness (QED) is 0.670. The van der Waals surface area contributed by atoms with Crippen molar-refractivity contribution in [3.05, 3.63) is 38.2 Å². The van der Waals surface area contributed by atoms with Crippen LogP contribution >= 0.6 is 11.3 Å². The molecular formula is C12H10F3N3O4S. The van der Waals surface area contributed by atoms with Crippen molar-refractivity contribution in [3.63, 3.8) is 0 Å². The molecule has 0 aliphatic rings. The van der Waals surface area contributed by atoms with E-state index in [2.05, 4.69) is 4.98 Å². The molecule has 0 unspecified atom stereocenters. The molecule has 0 atom stereocenters. The summed E-state index contributed by atoms with van der Waals surface area (Å²) in [6.45, 7) is -0.130. The molecule has 0 spiro atoms. The van der Waals surface area contributed by atoms with Gasteiger partial charge in [0.15, 0.2) is 5.13 Å². The third-order valence-corrected chi connectivity index (χ3v) is 4.19. The van der Waals surface area contributed by atoms with Crippen molar-refractivity contribution in [2.75, 3.05) is 25.1 Å². The average Bonchev–Trinajstić information content (AvgIpc) is 2.45. The minimum atomic E-state index is -4.82. The summed E-state index contributed by atoms with van der Waals surface area (Å²) in [6.07, 6.45) is -4.82. The molecule has 0 aliphatic carbocycles. The summed E-state index contributed by atoms with van der Waals surface area (Å²) in [5.74, 6) is 0.